The molecule has 30 heavy (non-hydrogen) atoms. The summed E-state index contributed by atoms with van der Waals surface area (Å²) in [7, 11) is -3.58. The molecular formula is C21H21N3O5S. The van der Waals surface area contributed by atoms with E-state index in [0.29, 0.717) is 18.8 Å². The van der Waals surface area contributed by atoms with Crippen molar-refractivity contribution in [3.05, 3.63) is 59.2 Å². The zero-order chi connectivity index (χ0) is 21.3. The number of amides is 3. The van der Waals surface area contributed by atoms with Gasteiger partial charge in [0.05, 0.1) is 16.0 Å². The van der Waals surface area contributed by atoms with Crippen LogP contribution in [0, 0.1) is 0 Å². The lowest BCUT2D eigenvalue weighted by Crippen LogP contribution is -2.31. The molecule has 0 aliphatic carbocycles. The molecule has 2 aliphatic heterocycles. The van der Waals surface area contributed by atoms with Gasteiger partial charge < -0.3 is 5.32 Å². The van der Waals surface area contributed by atoms with Crippen molar-refractivity contribution in [2.45, 2.75) is 30.6 Å². The van der Waals surface area contributed by atoms with Crippen LogP contribution < -0.4 is 10.6 Å². The third kappa shape index (κ3) is 3.86. The fraction of sp³-hybridized carbons (Fsp3) is 0.286. The molecule has 0 spiro atoms. The first-order valence-electron chi connectivity index (χ1n) is 9.77. The highest BCUT2D eigenvalue weighted by molar-refractivity contribution is 7.89. The highest BCUT2D eigenvalue weighted by Crippen LogP contribution is 2.23. The summed E-state index contributed by atoms with van der Waals surface area (Å²) < 4.78 is 27.2. The molecule has 2 heterocycles. The average molecular weight is 427 g/mol. The molecule has 0 unspecified atom stereocenters. The molecule has 3 amide bonds. The first-order valence-corrected chi connectivity index (χ1v) is 11.2. The maximum Gasteiger partial charge on any atom is 0.259 e. The third-order valence-electron chi connectivity index (χ3n) is 5.31. The lowest BCUT2D eigenvalue weighted by Gasteiger charge is -2.20. The molecule has 1 fully saturated rings. The number of rotatable bonds is 4. The van der Waals surface area contributed by atoms with Crippen LogP contribution in [-0.4, -0.2) is 43.5 Å². The summed E-state index contributed by atoms with van der Waals surface area (Å²) in [5, 5.41) is 4.86. The van der Waals surface area contributed by atoms with Gasteiger partial charge in [0, 0.05) is 24.3 Å². The SMILES string of the molecule is O=C(Nc1ccc2c(c1)C(=O)NC2=O)c1ccc(S(=O)(=O)N2CCCCCC2)cc1. The molecule has 2 aromatic carbocycles. The van der Waals surface area contributed by atoms with Gasteiger partial charge in [0.15, 0.2) is 0 Å². The van der Waals surface area contributed by atoms with E-state index in [9.17, 15) is 22.8 Å². The summed E-state index contributed by atoms with van der Waals surface area (Å²) in [4.78, 5) is 36.1. The van der Waals surface area contributed by atoms with Crippen LogP contribution in [0.4, 0.5) is 5.69 Å². The fourth-order valence-electron chi connectivity index (χ4n) is 3.66. The number of nitrogens with one attached hydrogen (secondary N) is 2. The highest BCUT2D eigenvalue weighted by atomic mass is 32.2. The maximum absolute atomic E-state index is 12.8. The molecule has 156 valence electrons. The van der Waals surface area contributed by atoms with Crippen molar-refractivity contribution in [3.8, 4) is 0 Å². The van der Waals surface area contributed by atoms with Gasteiger partial charge in [-0.2, -0.15) is 4.31 Å². The largest absolute Gasteiger partial charge is 0.322 e. The second-order valence-corrected chi connectivity index (χ2v) is 9.28. The number of benzene rings is 2. The zero-order valence-electron chi connectivity index (χ0n) is 16.2. The Morgan fingerprint density at radius 1 is 0.867 bits per heavy atom. The summed E-state index contributed by atoms with van der Waals surface area (Å²) >= 11 is 0. The molecular weight excluding hydrogens is 406 g/mol. The van der Waals surface area contributed by atoms with Crippen molar-refractivity contribution < 1.29 is 22.8 Å². The van der Waals surface area contributed by atoms with Gasteiger partial charge in [-0.1, -0.05) is 12.8 Å². The minimum absolute atomic E-state index is 0.161. The molecule has 0 saturated carbocycles. The molecule has 2 aliphatic rings. The van der Waals surface area contributed by atoms with Crippen LogP contribution in [0.3, 0.4) is 0 Å². The van der Waals surface area contributed by atoms with E-state index in [4.69, 9.17) is 0 Å². The van der Waals surface area contributed by atoms with Crippen LogP contribution in [-0.2, 0) is 10.0 Å². The van der Waals surface area contributed by atoms with Gasteiger partial charge in [0.1, 0.15) is 0 Å². The Morgan fingerprint density at radius 3 is 2.17 bits per heavy atom. The van der Waals surface area contributed by atoms with E-state index >= 15 is 0 Å². The Morgan fingerprint density at radius 2 is 1.50 bits per heavy atom. The van der Waals surface area contributed by atoms with E-state index in [1.165, 1.54) is 46.8 Å². The lowest BCUT2D eigenvalue weighted by atomic mass is 10.1. The first kappa shape index (κ1) is 20.2. The molecule has 0 atom stereocenters. The predicted octanol–water partition coefficient (Wildman–Crippen LogP) is 2.39. The van der Waals surface area contributed by atoms with Crippen LogP contribution in [0.5, 0.6) is 0 Å². The number of hydrogen-bond donors (Lipinski definition) is 2. The van der Waals surface area contributed by atoms with E-state index in [1.54, 1.807) is 0 Å². The van der Waals surface area contributed by atoms with E-state index in [2.05, 4.69) is 10.6 Å². The summed E-state index contributed by atoms with van der Waals surface area (Å²) in [5.41, 5.74) is 1.12. The first-order chi connectivity index (χ1) is 14.4. The third-order valence-corrected chi connectivity index (χ3v) is 7.23. The topological polar surface area (TPSA) is 113 Å². The normalized spacial score (nSPS) is 17.2. The Hall–Kier alpha value is -3.04. The predicted molar refractivity (Wildman–Crippen MR) is 110 cm³/mol. The number of carbonyl (C=O) groups excluding carboxylic acids is 3. The van der Waals surface area contributed by atoms with Gasteiger partial charge in [0.2, 0.25) is 10.0 Å². The van der Waals surface area contributed by atoms with E-state index in [1.807, 2.05) is 0 Å². The second-order valence-electron chi connectivity index (χ2n) is 7.34. The van der Waals surface area contributed by atoms with E-state index in [0.717, 1.165) is 25.7 Å². The number of carbonyl (C=O) groups is 3. The van der Waals surface area contributed by atoms with Gasteiger partial charge >= 0.3 is 0 Å². The van der Waals surface area contributed by atoms with Crippen molar-refractivity contribution in [2.24, 2.45) is 0 Å². The minimum Gasteiger partial charge on any atom is -0.322 e. The van der Waals surface area contributed by atoms with Crippen molar-refractivity contribution >= 4 is 33.4 Å². The molecule has 2 aromatic rings. The van der Waals surface area contributed by atoms with Gasteiger partial charge in [-0.05, 0) is 55.3 Å². The molecule has 4 rings (SSSR count). The summed E-state index contributed by atoms with van der Waals surface area (Å²) in [6.45, 7) is 1.03. The van der Waals surface area contributed by atoms with Gasteiger partial charge in [0.25, 0.3) is 17.7 Å². The molecule has 0 aromatic heterocycles. The van der Waals surface area contributed by atoms with Gasteiger partial charge in [-0.15, -0.1) is 0 Å². The summed E-state index contributed by atoms with van der Waals surface area (Å²) in [5.74, 6) is -1.42. The quantitative estimate of drug-likeness (QED) is 0.728. The molecule has 9 heteroatoms. The number of hydrogen-bond acceptors (Lipinski definition) is 5. The summed E-state index contributed by atoms with van der Waals surface area (Å²) in [6, 6.07) is 10.2. The van der Waals surface area contributed by atoms with Gasteiger partial charge in [-0.3, -0.25) is 19.7 Å². The van der Waals surface area contributed by atoms with Crippen LogP contribution in [0.2, 0.25) is 0 Å². The fourth-order valence-corrected chi connectivity index (χ4v) is 5.18. The van der Waals surface area contributed by atoms with Crippen molar-refractivity contribution in [1.82, 2.24) is 9.62 Å². The van der Waals surface area contributed by atoms with E-state index < -0.39 is 27.7 Å². The number of sulfonamides is 1. The second kappa shape index (κ2) is 8.00. The van der Waals surface area contributed by atoms with Crippen LogP contribution in [0.25, 0.3) is 0 Å². The molecule has 1 saturated heterocycles. The number of imide groups is 1. The van der Waals surface area contributed by atoms with Crippen LogP contribution >= 0.6 is 0 Å². The van der Waals surface area contributed by atoms with Crippen molar-refractivity contribution in [2.75, 3.05) is 18.4 Å². The average Bonchev–Trinajstić information content (AvgIpc) is 2.93. The van der Waals surface area contributed by atoms with Crippen molar-refractivity contribution in [1.29, 1.82) is 0 Å². The number of anilines is 1. The van der Waals surface area contributed by atoms with Crippen molar-refractivity contribution in [3.63, 3.8) is 0 Å². The highest BCUT2D eigenvalue weighted by Gasteiger charge is 2.27. The molecule has 0 radical (unpaired) electrons. The molecule has 2 N–H and O–H groups in total. The van der Waals surface area contributed by atoms with E-state index in [-0.39, 0.29) is 21.6 Å². The van der Waals surface area contributed by atoms with Gasteiger partial charge in [-0.25, -0.2) is 8.42 Å². The Kier molecular flexibility index (Phi) is 5.40. The molecule has 0 bridgehead atoms. The maximum atomic E-state index is 12.8. The smallest absolute Gasteiger partial charge is 0.259 e. The summed E-state index contributed by atoms with van der Waals surface area (Å²) in [6.07, 6.45) is 3.77. The Balaban J connectivity index is 1.49. The minimum atomic E-state index is -3.58. The standard InChI is InChI=1S/C21H21N3O5S/c25-19(22-15-7-10-17-18(13-15)21(27)23-20(17)26)14-5-8-16(9-6-14)30(28,29)24-11-3-1-2-4-12-24/h5-10,13H,1-4,11-12H2,(H,22,25)(H,23,26,27). The molecule has 8 nitrogen and oxygen atoms in total. The zero-order valence-corrected chi connectivity index (χ0v) is 17.0. The Bertz CT molecular complexity index is 1120. The monoisotopic (exact) mass is 427 g/mol. The number of fused-ring (bicyclic) bond motifs is 1. The van der Waals surface area contributed by atoms with Crippen LogP contribution in [0.15, 0.2) is 47.4 Å². The van der Waals surface area contributed by atoms with Crippen LogP contribution in [0.1, 0.15) is 56.8 Å². The Labute approximate surface area is 174 Å². The number of nitrogens with zero attached hydrogens (tertiary/aromatic N) is 1. The lowest BCUT2D eigenvalue weighted by molar-refractivity contribution is 0.0878.